The molecule has 1 fully saturated rings. The van der Waals surface area contributed by atoms with Crippen LogP contribution in [0.5, 0.6) is 0 Å². The minimum Gasteiger partial charge on any atom is -0.345 e. The van der Waals surface area contributed by atoms with Crippen LogP contribution in [0.4, 0.5) is 0 Å². The van der Waals surface area contributed by atoms with Gasteiger partial charge in [0.05, 0.1) is 12.6 Å². The second-order valence-corrected chi connectivity index (χ2v) is 5.39. The molecule has 3 heteroatoms. The van der Waals surface area contributed by atoms with Crippen molar-refractivity contribution in [2.45, 2.75) is 18.7 Å². The van der Waals surface area contributed by atoms with Crippen LogP contribution in [0.2, 0.25) is 0 Å². The summed E-state index contributed by atoms with van der Waals surface area (Å²) in [7, 11) is 0. The number of hydrogen-bond donors (Lipinski definition) is 0. The van der Waals surface area contributed by atoms with Crippen LogP contribution in [-0.4, -0.2) is 23.5 Å². The molecular weight excluding hydrogens is 250 g/mol. The minimum atomic E-state index is -0.742. The highest BCUT2D eigenvalue weighted by atomic mass is 16.5. The quantitative estimate of drug-likeness (QED) is 0.793. The lowest BCUT2D eigenvalue weighted by molar-refractivity contribution is -0.0319. The molecule has 1 saturated heterocycles. The monoisotopic (exact) mass is 265 g/mol. The van der Waals surface area contributed by atoms with E-state index < -0.39 is 5.72 Å². The Morgan fingerprint density at radius 3 is 2.60 bits per heavy atom. The van der Waals surface area contributed by atoms with E-state index in [0.717, 1.165) is 16.7 Å². The average Bonchev–Trinajstić information content (AvgIpc) is 2.97. The fourth-order valence-electron chi connectivity index (χ4n) is 3.38. The second-order valence-electron chi connectivity index (χ2n) is 5.39. The molecule has 0 bridgehead atoms. The van der Waals surface area contributed by atoms with Gasteiger partial charge in [-0.2, -0.15) is 0 Å². The summed E-state index contributed by atoms with van der Waals surface area (Å²) in [6.07, 6.45) is 0. The summed E-state index contributed by atoms with van der Waals surface area (Å²) in [4.78, 5) is 14.6. The first-order valence-corrected chi connectivity index (χ1v) is 6.88. The lowest BCUT2D eigenvalue weighted by Crippen LogP contribution is -2.43. The van der Waals surface area contributed by atoms with Gasteiger partial charge in [-0.3, -0.25) is 9.69 Å². The van der Waals surface area contributed by atoms with Gasteiger partial charge >= 0.3 is 0 Å². The van der Waals surface area contributed by atoms with Gasteiger partial charge in [-0.05, 0) is 13.0 Å². The van der Waals surface area contributed by atoms with Gasteiger partial charge < -0.3 is 4.74 Å². The summed E-state index contributed by atoms with van der Waals surface area (Å²) < 4.78 is 6.16. The third-order valence-corrected chi connectivity index (χ3v) is 4.22. The number of amides is 1. The van der Waals surface area contributed by atoms with E-state index in [4.69, 9.17) is 4.74 Å². The maximum Gasteiger partial charge on any atom is 0.257 e. The van der Waals surface area contributed by atoms with Gasteiger partial charge in [-0.15, -0.1) is 0 Å². The van der Waals surface area contributed by atoms with Gasteiger partial charge in [-0.25, -0.2) is 0 Å². The van der Waals surface area contributed by atoms with Gasteiger partial charge in [0.1, 0.15) is 0 Å². The molecule has 2 heterocycles. The molecule has 0 radical (unpaired) electrons. The normalized spacial score (nSPS) is 27.6. The van der Waals surface area contributed by atoms with Crippen LogP contribution in [0, 0.1) is 0 Å². The maximum atomic E-state index is 12.7. The fraction of sp³-hybridized carbons (Fsp3) is 0.235. The highest BCUT2D eigenvalue weighted by Gasteiger charge is 2.57. The molecule has 2 aromatic carbocycles. The van der Waals surface area contributed by atoms with Gasteiger partial charge in [-0.1, -0.05) is 48.5 Å². The Kier molecular flexibility index (Phi) is 2.30. The van der Waals surface area contributed by atoms with Gasteiger partial charge in [0.2, 0.25) is 0 Å². The number of ether oxygens (including phenoxy) is 1. The number of nitrogens with zero attached hydrogens (tertiary/aromatic N) is 1. The lowest BCUT2D eigenvalue weighted by Gasteiger charge is -2.33. The van der Waals surface area contributed by atoms with Gasteiger partial charge in [0, 0.05) is 16.7 Å². The Morgan fingerprint density at radius 2 is 1.80 bits per heavy atom. The minimum absolute atomic E-state index is 0.0643. The Bertz CT molecular complexity index is 682. The zero-order valence-corrected chi connectivity index (χ0v) is 11.2. The van der Waals surface area contributed by atoms with E-state index in [-0.39, 0.29) is 11.9 Å². The second kappa shape index (κ2) is 3.93. The Balaban J connectivity index is 2.03. The van der Waals surface area contributed by atoms with E-state index in [1.54, 1.807) is 0 Å². The molecule has 3 nitrogen and oxygen atoms in total. The van der Waals surface area contributed by atoms with Gasteiger partial charge in [0.25, 0.3) is 5.91 Å². The molecule has 100 valence electrons. The van der Waals surface area contributed by atoms with Crippen LogP contribution in [0.1, 0.15) is 28.4 Å². The van der Waals surface area contributed by atoms with Crippen molar-refractivity contribution >= 4 is 5.91 Å². The van der Waals surface area contributed by atoms with Crippen LogP contribution in [-0.2, 0) is 10.5 Å². The number of rotatable bonds is 1. The highest BCUT2D eigenvalue weighted by molar-refractivity contribution is 6.00. The van der Waals surface area contributed by atoms with Crippen molar-refractivity contribution in [2.24, 2.45) is 0 Å². The molecule has 1 amide bonds. The molecule has 2 aliphatic rings. The molecule has 2 atom stereocenters. The summed E-state index contributed by atoms with van der Waals surface area (Å²) in [6, 6.07) is 17.8. The van der Waals surface area contributed by atoms with Gasteiger partial charge in [0.15, 0.2) is 5.72 Å². The molecule has 0 aliphatic carbocycles. The van der Waals surface area contributed by atoms with E-state index in [9.17, 15) is 4.79 Å². The summed E-state index contributed by atoms with van der Waals surface area (Å²) in [5, 5.41) is 0. The van der Waals surface area contributed by atoms with E-state index in [1.807, 2.05) is 66.4 Å². The number of hydrogen-bond acceptors (Lipinski definition) is 2. The zero-order valence-electron chi connectivity index (χ0n) is 11.2. The smallest absolute Gasteiger partial charge is 0.257 e. The largest absolute Gasteiger partial charge is 0.345 e. The van der Waals surface area contributed by atoms with Crippen LogP contribution in [0.3, 0.4) is 0 Å². The predicted octanol–water partition coefficient (Wildman–Crippen LogP) is 2.76. The number of carbonyl (C=O) groups is 1. The Labute approximate surface area is 117 Å². The van der Waals surface area contributed by atoms with E-state index in [1.165, 1.54) is 0 Å². The van der Waals surface area contributed by atoms with Crippen LogP contribution < -0.4 is 0 Å². The van der Waals surface area contributed by atoms with E-state index >= 15 is 0 Å². The molecule has 0 aromatic heterocycles. The molecule has 4 rings (SSSR count). The molecule has 1 unspecified atom stereocenters. The van der Waals surface area contributed by atoms with Crippen molar-refractivity contribution < 1.29 is 9.53 Å². The van der Waals surface area contributed by atoms with Crippen LogP contribution in [0.25, 0.3) is 0 Å². The topological polar surface area (TPSA) is 29.5 Å². The molecule has 0 saturated carbocycles. The maximum absolute atomic E-state index is 12.7. The van der Waals surface area contributed by atoms with Crippen molar-refractivity contribution in [1.29, 1.82) is 0 Å². The zero-order chi connectivity index (χ0) is 13.7. The third kappa shape index (κ3) is 1.26. The highest BCUT2D eigenvalue weighted by Crippen LogP contribution is 2.49. The Hall–Kier alpha value is -2.13. The molecule has 0 N–H and O–H groups in total. The summed E-state index contributed by atoms with van der Waals surface area (Å²) in [6.45, 7) is 2.60. The van der Waals surface area contributed by atoms with Crippen LogP contribution in [0.15, 0.2) is 54.6 Å². The van der Waals surface area contributed by atoms with Crippen molar-refractivity contribution in [3.8, 4) is 0 Å². The van der Waals surface area contributed by atoms with Crippen LogP contribution >= 0.6 is 0 Å². The third-order valence-electron chi connectivity index (χ3n) is 4.22. The summed E-state index contributed by atoms with van der Waals surface area (Å²) in [5.74, 6) is 0.0643. The fourth-order valence-corrected chi connectivity index (χ4v) is 3.38. The van der Waals surface area contributed by atoms with Crippen molar-refractivity contribution in [3.63, 3.8) is 0 Å². The number of benzene rings is 2. The lowest BCUT2D eigenvalue weighted by atomic mass is 9.94. The Morgan fingerprint density at radius 1 is 1.10 bits per heavy atom. The molecule has 0 spiro atoms. The first kappa shape index (κ1) is 11.7. The molecular formula is C17H15NO2. The van der Waals surface area contributed by atoms with Crippen molar-refractivity contribution in [1.82, 2.24) is 4.90 Å². The summed E-state index contributed by atoms with van der Waals surface area (Å²) in [5.41, 5.74) is 1.99. The molecule has 20 heavy (non-hydrogen) atoms. The van der Waals surface area contributed by atoms with Crippen molar-refractivity contribution in [3.05, 3.63) is 71.3 Å². The average molecular weight is 265 g/mol. The van der Waals surface area contributed by atoms with E-state index in [0.29, 0.717) is 6.61 Å². The first-order valence-electron chi connectivity index (χ1n) is 6.88. The SMILES string of the molecule is C[C@H]1COC2(c3ccccc3)c3ccccc3C(=O)N12. The van der Waals surface area contributed by atoms with Crippen molar-refractivity contribution in [2.75, 3.05) is 6.61 Å². The van der Waals surface area contributed by atoms with E-state index in [2.05, 4.69) is 0 Å². The summed E-state index contributed by atoms with van der Waals surface area (Å²) >= 11 is 0. The molecule has 2 aliphatic heterocycles. The molecule has 2 aromatic rings. The first-order chi connectivity index (χ1) is 9.75. The number of carbonyl (C=O) groups excluding carboxylic acids is 1. The predicted molar refractivity (Wildman–Crippen MR) is 75.2 cm³/mol. The number of fused-ring (bicyclic) bond motifs is 3. The standard InChI is InChI=1S/C17H15NO2/c1-12-11-20-17(13-7-3-2-4-8-13)15-10-6-5-9-14(15)16(19)18(12)17/h2-10,12H,11H2,1H3/t12-,17?/m0/s1.